The number of benzene rings is 1. The molecule has 1 fully saturated rings. The van der Waals surface area contributed by atoms with E-state index in [2.05, 4.69) is 22.0 Å². The van der Waals surface area contributed by atoms with Gasteiger partial charge in [0.2, 0.25) is 17.6 Å². The van der Waals surface area contributed by atoms with Gasteiger partial charge in [-0.1, -0.05) is 17.3 Å². The normalized spacial score (nSPS) is 17.3. The summed E-state index contributed by atoms with van der Waals surface area (Å²) in [5.41, 5.74) is 3.96. The largest absolute Gasteiger partial charge is 0.339 e. The van der Waals surface area contributed by atoms with E-state index in [9.17, 15) is 4.79 Å². The maximum Gasteiger partial charge on any atom is 0.232 e. The van der Waals surface area contributed by atoms with E-state index in [0.29, 0.717) is 30.4 Å². The summed E-state index contributed by atoms with van der Waals surface area (Å²) in [5.74, 6) is 0.915. The second kappa shape index (κ2) is 6.12. The van der Waals surface area contributed by atoms with Crippen molar-refractivity contribution in [1.29, 1.82) is 0 Å². The number of amides is 1. The van der Waals surface area contributed by atoms with E-state index >= 15 is 0 Å². The summed E-state index contributed by atoms with van der Waals surface area (Å²) in [6.07, 6.45) is 2.06. The molecule has 1 aliphatic heterocycles. The van der Waals surface area contributed by atoms with Crippen molar-refractivity contribution in [3.8, 4) is 11.5 Å². The van der Waals surface area contributed by atoms with Crippen LogP contribution in [0.5, 0.6) is 0 Å². The highest BCUT2D eigenvalue weighted by atomic mass is 16.5. The Hall–Kier alpha value is -3.02. The van der Waals surface area contributed by atoms with Crippen molar-refractivity contribution >= 4 is 11.6 Å². The summed E-state index contributed by atoms with van der Waals surface area (Å²) < 4.78 is 5.40. The second-order valence-electron chi connectivity index (χ2n) is 6.35. The van der Waals surface area contributed by atoms with Crippen LogP contribution in [0.1, 0.15) is 29.4 Å². The minimum Gasteiger partial charge on any atom is -0.339 e. The smallest absolute Gasteiger partial charge is 0.232 e. The van der Waals surface area contributed by atoms with Crippen LogP contribution < -0.4 is 4.90 Å². The van der Waals surface area contributed by atoms with Gasteiger partial charge in [-0.25, -0.2) is 0 Å². The standard InChI is InChI=1S/C19H18N4O2/c1-12-6-7-15(9-13(12)2)23-11-14(10-17(23)24)19-21-18(22-25-19)16-5-3-4-8-20-16/h3-9,14H,10-11H2,1-2H3. The molecule has 0 aliphatic carbocycles. The molecule has 0 bridgehead atoms. The molecule has 0 spiro atoms. The zero-order valence-corrected chi connectivity index (χ0v) is 14.1. The molecule has 4 rings (SSSR count). The summed E-state index contributed by atoms with van der Waals surface area (Å²) in [6.45, 7) is 4.66. The number of aromatic nitrogens is 3. The molecule has 1 amide bonds. The van der Waals surface area contributed by atoms with Crippen molar-refractivity contribution in [1.82, 2.24) is 15.1 Å². The summed E-state index contributed by atoms with van der Waals surface area (Å²) in [5, 5.41) is 4.00. The minimum absolute atomic E-state index is 0.0749. The van der Waals surface area contributed by atoms with E-state index in [0.717, 1.165) is 5.69 Å². The average molecular weight is 334 g/mol. The average Bonchev–Trinajstić information content (AvgIpc) is 3.25. The quantitative estimate of drug-likeness (QED) is 0.735. The van der Waals surface area contributed by atoms with Crippen molar-refractivity contribution in [2.75, 3.05) is 11.4 Å². The molecule has 1 unspecified atom stereocenters. The van der Waals surface area contributed by atoms with Crippen LogP contribution in [-0.2, 0) is 4.79 Å². The first-order valence-corrected chi connectivity index (χ1v) is 8.24. The van der Waals surface area contributed by atoms with Gasteiger partial charge in [-0.2, -0.15) is 4.98 Å². The van der Waals surface area contributed by atoms with Crippen molar-refractivity contribution in [2.24, 2.45) is 0 Å². The molecule has 0 radical (unpaired) electrons. The highest BCUT2D eigenvalue weighted by molar-refractivity contribution is 5.96. The van der Waals surface area contributed by atoms with E-state index < -0.39 is 0 Å². The van der Waals surface area contributed by atoms with E-state index in [1.165, 1.54) is 11.1 Å². The number of carbonyl (C=O) groups excluding carboxylic acids is 1. The van der Waals surface area contributed by atoms with Crippen molar-refractivity contribution < 1.29 is 9.32 Å². The molecular formula is C19H18N4O2. The lowest BCUT2D eigenvalue weighted by Gasteiger charge is -2.17. The Morgan fingerprint density at radius 3 is 2.80 bits per heavy atom. The number of nitrogens with zero attached hydrogens (tertiary/aromatic N) is 4. The maximum absolute atomic E-state index is 12.5. The second-order valence-corrected chi connectivity index (χ2v) is 6.35. The van der Waals surface area contributed by atoms with E-state index in [-0.39, 0.29) is 11.8 Å². The molecule has 25 heavy (non-hydrogen) atoms. The number of aryl methyl sites for hydroxylation is 2. The van der Waals surface area contributed by atoms with Crippen LogP contribution in [0.15, 0.2) is 47.1 Å². The first kappa shape index (κ1) is 15.5. The Balaban J connectivity index is 1.56. The molecule has 1 atom stereocenters. The minimum atomic E-state index is -0.0981. The highest BCUT2D eigenvalue weighted by Crippen LogP contribution is 2.32. The van der Waals surface area contributed by atoms with E-state index in [4.69, 9.17) is 4.52 Å². The van der Waals surface area contributed by atoms with Gasteiger partial charge in [-0.15, -0.1) is 0 Å². The Labute approximate surface area is 145 Å². The third-order valence-electron chi connectivity index (χ3n) is 4.61. The van der Waals surface area contributed by atoms with E-state index in [1.807, 2.05) is 43.3 Å². The Morgan fingerprint density at radius 2 is 2.04 bits per heavy atom. The van der Waals surface area contributed by atoms with E-state index in [1.54, 1.807) is 11.1 Å². The van der Waals surface area contributed by atoms with Crippen LogP contribution in [0.4, 0.5) is 5.69 Å². The molecule has 6 heteroatoms. The molecule has 6 nitrogen and oxygen atoms in total. The van der Waals surface area contributed by atoms with Gasteiger partial charge in [0.25, 0.3) is 0 Å². The fraction of sp³-hybridized carbons (Fsp3) is 0.263. The third kappa shape index (κ3) is 2.91. The molecule has 0 N–H and O–H groups in total. The zero-order chi connectivity index (χ0) is 17.4. The predicted molar refractivity (Wildman–Crippen MR) is 93.2 cm³/mol. The fourth-order valence-corrected chi connectivity index (χ4v) is 3.02. The highest BCUT2D eigenvalue weighted by Gasteiger charge is 2.35. The topological polar surface area (TPSA) is 72.1 Å². The number of carbonyl (C=O) groups is 1. The number of pyridine rings is 1. The van der Waals surface area contributed by atoms with Gasteiger partial charge >= 0.3 is 0 Å². The molecule has 0 saturated carbocycles. The van der Waals surface area contributed by atoms with Crippen molar-refractivity contribution in [3.05, 3.63) is 59.6 Å². The number of anilines is 1. The maximum atomic E-state index is 12.5. The van der Waals surface area contributed by atoms with Crippen LogP contribution in [0.3, 0.4) is 0 Å². The van der Waals surface area contributed by atoms with Gasteiger partial charge in [0.05, 0.1) is 5.92 Å². The third-order valence-corrected chi connectivity index (χ3v) is 4.61. The SMILES string of the molecule is Cc1ccc(N2CC(c3nc(-c4ccccn4)no3)CC2=O)cc1C. The molecule has 1 saturated heterocycles. The summed E-state index contributed by atoms with van der Waals surface area (Å²) in [6, 6.07) is 11.6. The lowest BCUT2D eigenvalue weighted by Crippen LogP contribution is -2.24. The summed E-state index contributed by atoms with van der Waals surface area (Å²) in [4.78, 5) is 22.9. The van der Waals surface area contributed by atoms with Gasteiger partial charge in [-0.3, -0.25) is 9.78 Å². The molecular weight excluding hydrogens is 316 g/mol. The number of rotatable bonds is 3. The molecule has 126 valence electrons. The van der Waals surface area contributed by atoms with Crippen LogP contribution in [0.25, 0.3) is 11.5 Å². The molecule has 2 aromatic heterocycles. The number of hydrogen-bond acceptors (Lipinski definition) is 5. The molecule has 3 heterocycles. The molecule has 1 aromatic carbocycles. The van der Waals surface area contributed by atoms with Gasteiger partial charge in [0, 0.05) is 24.8 Å². The predicted octanol–water partition coefficient (Wildman–Crippen LogP) is 3.27. The van der Waals surface area contributed by atoms with Crippen LogP contribution in [-0.4, -0.2) is 27.6 Å². The van der Waals surface area contributed by atoms with Crippen molar-refractivity contribution in [3.63, 3.8) is 0 Å². The zero-order valence-electron chi connectivity index (χ0n) is 14.1. The molecule has 1 aliphatic rings. The Kier molecular flexibility index (Phi) is 3.80. The van der Waals surface area contributed by atoms with Gasteiger partial charge in [0.15, 0.2) is 0 Å². The lowest BCUT2D eigenvalue weighted by atomic mass is 10.1. The molecule has 3 aromatic rings. The fourth-order valence-electron chi connectivity index (χ4n) is 3.02. The Bertz CT molecular complexity index is 920. The Morgan fingerprint density at radius 1 is 1.16 bits per heavy atom. The summed E-state index contributed by atoms with van der Waals surface area (Å²) in [7, 11) is 0. The first-order chi connectivity index (χ1) is 12.1. The van der Waals surface area contributed by atoms with Gasteiger partial charge in [0.1, 0.15) is 5.69 Å². The first-order valence-electron chi connectivity index (χ1n) is 8.24. The van der Waals surface area contributed by atoms with Crippen LogP contribution in [0.2, 0.25) is 0 Å². The lowest BCUT2D eigenvalue weighted by molar-refractivity contribution is -0.117. The van der Waals surface area contributed by atoms with Crippen molar-refractivity contribution in [2.45, 2.75) is 26.2 Å². The summed E-state index contributed by atoms with van der Waals surface area (Å²) >= 11 is 0. The monoisotopic (exact) mass is 334 g/mol. The van der Waals surface area contributed by atoms with Crippen LogP contribution in [0, 0.1) is 13.8 Å². The number of hydrogen-bond donors (Lipinski definition) is 0. The van der Waals surface area contributed by atoms with Gasteiger partial charge in [-0.05, 0) is 49.2 Å². The van der Waals surface area contributed by atoms with Gasteiger partial charge < -0.3 is 9.42 Å². The van der Waals surface area contributed by atoms with Crippen LogP contribution >= 0.6 is 0 Å².